The lowest BCUT2D eigenvalue weighted by Gasteiger charge is -2.09. The number of aliphatic hydroxyl groups excluding tert-OH is 1. The Kier molecular flexibility index (Phi) is 3.25. The van der Waals surface area contributed by atoms with Crippen LogP contribution >= 0.6 is 0 Å². The third kappa shape index (κ3) is 2.19. The van der Waals surface area contributed by atoms with Crippen LogP contribution < -0.4 is 0 Å². The molecule has 0 atom stereocenters. The zero-order valence-electron chi connectivity index (χ0n) is 11.7. The van der Waals surface area contributed by atoms with Gasteiger partial charge >= 0.3 is 0 Å². The van der Waals surface area contributed by atoms with Crippen molar-refractivity contribution in [3.8, 4) is 11.1 Å². The monoisotopic (exact) mass is 263 g/mol. The number of fused-ring (bicyclic) bond motifs is 1. The fourth-order valence-electron chi connectivity index (χ4n) is 2.45. The number of aromatic nitrogens is 1. The minimum Gasteiger partial charge on any atom is -0.392 e. The molecule has 0 bridgehead atoms. The van der Waals surface area contributed by atoms with E-state index in [0.717, 1.165) is 16.5 Å². The SMILES string of the molecule is Cc1ccc(-c2ccnc3cc(CO)ccc23)cc1C. The molecule has 20 heavy (non-hydrogen) atoms. The van der Waals surface area contributed by atoms with E-state index in [1.54, 1.807) is 0 Å². The molecule has 2 aromatic carbocycles. The first kappa shape index (κ1) is 12.8. The molecule has 0 radical (unpaired) electrons. The van der Waals surface area contributed by atoms with E-state index >= 15 is 0 Å². The molecule has 2 nitrogen and oxygen atoms in total. The van der Waals surface area contributed by atoms with Crippen molar-refractivity contribution in [3.63, 3.8) is 0 Å². The third-order valence-electron chi connectivity index (χ3n) is 3.81. The third-order valence-corrected chi connectivity index (χ3v) is 3.81. The highest BCUT2D eigenvalue weighted by Gasteiger charge is 2.06. The predicted octanol–water partition coefficient (Wildman–Crippen LogP) is 4.01. The zero-order chi connectivity index (χ0) is 14.1. The van der Waals surface area contributed by atoms with Crippen molar-refractivity contribution in [2.75, 3.05) is 0 Å². The van der Waals surface area contributed by atoms with Gasteiger partial charge in [-0.1, -0.05) is 30.3 Å². The summed E-state index contributed by atoms with van der Waals surface area (Å²) in [6.07, 6.45) is 1.83. The maximum absolute atomic E-state index is 9.22. The van der Waals surface area contributed by atoms with Gasteiger partial charge in [-0.05, 0) is 53.8 Å². The van der Waals surface area contributed by atoms with Crippen molar-refractivity contribution >= 4 is 10.9 Å². The van der Waals surface area contributed by atoms with E-state index in [4.69, 9.17) is 0 Å². The van der Waals surface area contributed by atoms with E-state index in [1.165, 1.54) is 22.3 Å². The Labute approximate surface area is 118 Å². The molecule has 3 aromatic rings. The molecule has 3 rings (SSSR count). The number of rotatable bonds is 2. The second-order valence-electron chi connectivity index (χ2n) is 5.17. The molecule has 1 heterocycles. The molecule has 0 aliphatic rings. The maximum atomic E-state index is 9.22. The van der Waals surface area contributed by atoms with Crippen LogP contribution in [-0.4, -0.2) is 10.1 Å². The lowest BCUT2D eigenvalue weighted by atomic mass is 9.97. The normalized spacial score (nSPS) is 10.9. The lowest BCUT2D eigenvalue weighted by molar-refractivity contribution is 0.282. The summed E-state index contributed by atoms with van der Waals surface area (Å²) in [6, 6.07) is 14.5. The van der Waals surface area contributed by atoms with Crippen LogP contribution in [0.1, 0.15) is 16.7 Å². The molecular formula is C18H17NO. The molecule has 100 valence electrons. The molecule has 0 saturated carbocycles. The Balaban J connectivity index is 2.22. The standard InChI is InChI=1S/C18H17NO/c1-12-3-5-15(9-13(12)2)16-7-8-19-18-10-14(11-20)4-6-17(16)18/h3-10,20H,11H2,1-2H3. The van der Waals surface area contributed by atoms with Gasteiger partial charge in [-0.3, -0.25) is 4.98 Å². The Bertz CT molecular complexity index is 777. The number of hydrogen-bond acceptors (Lipinski definition) is 2. The van der Waals surface area contributed by atoms with Gasteiger partial charge in [0, 0.05) is 11.6 Å². The van der Waals surface area contributed by atoms with Crippen molar-refractivity contribution in [1.29, 1.82) is 0 Å². The molecule has 0 aliphatic carbocycles. The molecule has 0 spiro atoms. The van der Waals surface area contributed by atoms with Crippen LogP contribution in [0, 0.1) is 13.8 Å². The molecule has 1 aromatic heterocycles. The van der Waals surface area contributed by atoms with E-state index < -0.39 is 0 Å². The molecular weight excluding hydrogens is 246 g/mol. The average molecular weight is 263 g/mol. The van der Waals surface area contributed by atoms with Crippen molar-refractivity contribution < 1.29 is 5.11 Å². The van der Waals surface area contributed by atoms with Crippen LogP contribution in [0.4, 0.5) is 0 Å². The summed E-state index contributed by atoms with van der Waals surface area (Å²) in [5.74, 6) is 0. The van der Waals surface area contributed by atoms with E-state index in [0.29, 0.717) is 0 Å². The van der Waals surface area contributed by atoms with Gasteiger partial charge < -0.3 is 5.11 Å². The van der Waals surface area contributed by atoms with E-state index in [1.807, 2.05) is 30.5 Å². The first-order valence-corrected chi connectivity index (χ1v) is 6.75. The van der Waals surface area contributed by atoms with Gasteiger partial charge in [-0.2, -0.15) is 0 Å². The van der Waals surface area contributed by atoms with Gasteiger partial charge in [0.2, 0.25) is 0 Å². The van der Waals surface area contributed by atoms with Crippen LogP contribution in [0.3, 0.4) is 0 Å². The summed E-state index contributed by atoms with van der Waals surface area (Å²) in [6.45, 7) is 4.30. The van der Waals surface area contributed by atoms with Crippen molar-refractivity contribution in [3.05, 3.63) is 65.4 Å². The molecule has 1 N–H and O–H groups in total. The molecule has 0 saturated heterocycles. The Morgan fingerprint density at radius 1 is 0.950 bits per heavy atom. The molecule has 0 unspecified atom stereocenters. The molecule has 0 fully saturated rings. The fraction of sp³-hybridized carbons (Fsp3) is 0.167. The first-order valence-electron chi connectivity index (χ1n) is 6.75. The molecule has 0 amide bonds. The van der Waals surface area contributed by atoms with E-state index in [-0.39, 0.29) is 6.61 Å². The second-order valence-corrected chi connectivity index (χ2v) is 5.17. The van der Waals surface area contributed by atoms with Gasteiger partial charge in [-0.15, -0.1) is 0 Å². The van der Waals surface area contributed by atoms with Gasteiger partial charge in [0.1, 0.15) is 0 Å². The minimum absolute atomic E-state index is 0.0471. The largest absolute Gasteiger partial charge is 0.392 e. The number of hydrogen-bond donors (Lipinski definition) is 1. The minimum atomic E-state index is 0.0471. The maximum Gasteiger partial charge on any atom is 0.0711 e. The summed E-state index contributed by atoms with van der Waals surface area (Å²) < 4.78 is 0. The van der Waals surface area contributed by atoms with Crippen molar-refractivity contribution in [1.82, 2.24) is 4.98 Å². The smallest absolute Gasteiger partial charge is 0.0711 e. The van der Waals surface area contributed by atoms with E-state index in [9.17, 15) is 5.11 Å². The summed E-state index contributed by atoms with van der Waals surface area (Å²) >= 11 is 0. The Hall–Kier alpha value is -2.19. The van der Waals surface area contributed by atoms with Crippen LogP contribution in [0.25, 0.3) is 22.0 Å². The number of nitrogens with zero attached hydrogens (tertiary/aromatic N) is 1. The average Bonchev–Trinajstić information content (AvgIpc) is 2.49. The van der Waals surface area contributed by atoms with Crippen LogP contribution in [-0.2, 0) is 6.61 Å². The van der Waals surface area contributed by atoms with Gasteiger partial charge in [-0.25, -0.2) is 0 Å². The fourth-order valence-corrected chi connectivity index (χ4v) is 2.45. The molecule has 2 heteroatoms. The highest BCUT2D eigenvalue weighted by molar-refractivity contribution is 5.94. The number of pyridine rings is 1. The summed E-state index contributed by atoms with van der Waals surface area (Å²) in [5, 5.41) is 10.3. The topological polar surface area (TPSA) is 33.1 Å². The highest BCUT2D eigenvalue weighted by atomic mass is 16.3. The van der Waals surface area contributed by atoms with Crippen LogP contribution in [0.15, 0.2) is 48.7 Å². The highest BCUT2D eigenvalue weighted by Crippen LogP contribution is 2.29. The lowest BCUT2D eigenvalue weighted by Crippen LogP contribution is -1.89. The van der Waals surface area contributed by atoms with Crippen molar-refractivity contribution in [2.24, 2.45) is 0 Å². The van der Waals surface area contributed by atoms with Gasteiger partial charge in [0.15, 0.2) is 0 Å². The van der Waals surface area contributed by atoms with Crippen LogP contribution in [0.5, 0.6) is 0 Å². The number of aryl methyl sites for hydroxylation is 2. The van der Waals surface area contributed by atoms with Gasteiger partial charge in [0.25, 0.3) is 0 Å². The quantitative estimate of drug-likeness (QED) is 0.757. The number of aliphatic hydroxyl groups is 1. The predicted molar refractivity (Wildman–Crippen MR) is 82.6 cm³/mol. The summed E-state index contributed by atoms with van der Waals surface area (Å²) in [5.41, 5.74) is 6.79. The van der Waals surface area contributed by atoms with Gasteiger partial charge in [0.05, 0.1) is 12.1 Å². The van der Waals surface area contributed by atoms with Crippen LogP contribution in [0.2, 0.25) is 0 Å². The molecule has 0 aliphatic heterocycles. The Morgan fingerprint density at radius 2 is 1.80 bits per heavy atom. The summed E-state index contributed by atoms with van der Waals surface area (Å²) in [4.78, 5) is 4.40. The van der Waals surface area contributed by atoms with E-state index in [2.05, 4.69) is 37.0 Å². The summed E-state index contributed by atoms with van der Waals surface area (Å²) in [7, 11) is 0. The second kappa shape index (κ2) is 5.06. The van der Waals surface area contributed by atoms with Crippen molar-refractivity contribution in [2.45, 2.75) is 20.5 Å². The zero-order valence-corrected chi connectivity index (χ0v) is 11.7. The first-order chi connectivity index (χ1) is 9.69. The Morgan fingerprint density at radius 3 is 2.55 bits per heavy atom. The number of benzene rings is 2.